The van der Waals surface area contributed by atoms with Gasteiger partial charge < -0.3 is 10.6 Å². The van der Waals surface area contributed by atoms with E-state index in [1.165, 1.54) is 0 Å². The van der Waals surface area contributed by atoms with Gasteiger partial charge in [-0.3, -0.25) is 4.99 Å². The highest BCUT2D eigenvalue weighted by atomic mass is 32.2. The van der Waals surface area contributed by atoms with E-state index < -0.39 is 14.6 Å². The number of thiazole rings is 1. The Balaban J connectivity index is 2.34. The molecule has 0 saturated heterocycles. The first-order valence-electron chi connectivity index (χ1n) is 7.23. The van der Waals surface area contributed by atoms with Gasteiger partial charge in [0.05, 0.1) is 21.2 Å². The third-order valence-electron chi connectivity index (χ3n) is 3.16. The average molecular weight is 347 g/mol. The molecule has 126 valence electrons. The van der Waals surface area contributed by atoms with Gasteiger partial charge in [-0.1, -0.05) is 0 Å². The van der Waals surface area contributed by atoms with Crippen LogP contribution in [0.5, 0.6) is 0 Å². The van der Waals surface area contributed by atoms with Gasteiger partial charge in [0.2, 0.25) is 0 Å². The summed E-state index contributed by atoms with van der Waals surface area (Å²) in [6.45, 7) is 8.17. The standard InChI is InChI=1S/C14H26N4O2S2/c1-11-18-12(10-21-11)6-7-16-13(15-5)17-8-9-22(19,20)14(2,3)4/h10H,6-9H2,1-5H3,(H2,15,16,17). The number of hydrogen-bond acceptors (Lipinski definition) is 5. The predicted octanol–water partition coefficient (Wildman–Crippen LogP) is 1.37. The Hall–Kier alpha value is -1.15. The van der Waals surface area contributed by atoms with Crippen LogP contribution in [0.1, 0.15) is 31.5 Å². The van der Waals surface area contributed by atoms with Gasteiger partial charge in [0.15, 0.2) is 15.8 Å². The van der Waals surface area contributed by atoms with Crippen molar-refractivity contribution in [3.63, 3.8) is 0 Å². The van der Waals surface area contributed by atoms with Crippen LogP contribution in [0.3, 0.4) is 0 Å². The maximum Gasteiger partial charge on any atom is 0.191 e. The van der Waals surface area contributed by atoms with Crippen LogP contribution in [-0.4, -0.2) is 50.0 Å². The van der Waals surface area contributed by atoms with Gasteiger partial charge in [-0.15, -0.1) is 11.3 Å². The van der Waals surface area contributed by atoms with E-state index in [0.717, 1.165) is 17.1 Å². The molecule has 2 N–H and O–H groups in total. The summed E-state index contributed by atoms with van der Waals surface area (Å²) in [7, 11) is -1.45. The molecule has 0 unspecified atom stereocenters. The molecule has 0 bridgehead atoms. The fourth-order valence-corrected chi connectivity index (χ4v) is 3.29. The van der Waals surface area contributed by atoms with Gasteiger partial charge in [0, 0.05) is 31.9 Å². The molecule has 0 aromatic carbocycles. The minimum atomic E-state index is -3.12. The molecule has 1 heterocycles. The number of aryl methyl sites for hydroxylation is 1. The summed E-state index contributed by atoms with van der Waals surface area (Å²) in [5, 5.41) is 9.30. The fourth-order valence-electron chi connectivity index (χ4n) is 1.66. The lowest BCUT2D eigenvalue weighted by molar-refractivity contribution is 0.559. The minimum Gasteiger partial charge on any atom is -0.356 e. The number of rotatable bonds is 6. The SMILES string of the molecule is CN=C(NCCc1csc(C)n1)NCCS(=O)(=O)C(C)(C)C. The summed E-state index contributed by atoms with van der Waals surface area (Å²) in [6.07, 6.45) is 0.811. The van der Waals surface area contributed by atoms with E-state index in [-0.39, 0.29) is 5.75 Å². The number of aromatic nitrogens is 1. The van der Waals surface area contributed by atoms with Crippen LogP contribution in [0.4, 0.5) is 0 Å². The van der Waals surface area contributed by atoms with Crippen molar-refractivity contribution >= 4 is 27.1 Å². The summed E-state index contributed by atoms with van der Waals surface area (Å²) in [5.74, 6) is 0.693. The molecule has 0 amide bonds. The number of sulfone groups is 1. The van der Waals surface area contributed by atoms with Crippen molar-refractivity contribution in [2.45, 2.75) is 38.9 Å². The first-order chi connectivity index (χ1) is 10.2. The van der Waals surface area contributed by atoms with Gasteiger partial charge in [-0.2, -0.15) is 0 Å². The Bertz CT molecular complexity index is 601. The zero-order valence-electron chi connectivity index (χ0n) is 13.9. The predicted molar refractivity (Wildman–Crippen MR) is 93.5 cm³/mol. The normalized spacial score (nSPS) is 13.2. The molecule has 0 aliphatic rings. The quantitative estimate of drug-likeness (QED) is 0.600. The zero-order valence-corrected chi connectivity index (χ0v) is 15.6. The van der Waals surface area contributed by atoms with Crippen molar-refractivity contribution in [2.75, 3.05) is 25.9 Å². The molecule has 8 heteroatoms. The van der Waals surface area contributed by atoms with Gasteiger partial charge >= 0.3 is 0 Å². The van der Waals surface area contributed by atoms with E-state index in [2.05, 4.69) is 20.6 Å². The van der Waals surface area contributed by atoms with Crippen molar-refractivity contribution in [3.05, 3.63) is 16.1 Å². The first-order valence-corrected chi connectivity index (χ1v) is 9.77. The average Bonchev–Trinajstić information content (AvgIpc) is 2.81. The van der Waals surface area contributed by atoms with Crippen LogP contribution >= 0.6 is 11.3 Å². The Morgan fingerprint density at radius 2 is 1.95 bits per heavy atom. The highest BCUT2D eigenvalue weighted by Crippen LogP contribution is 2.15. The monoisotopic (exact) mass is 346 g/mol. The Morgan fingerprint density at radius 1 is 1.32 bits per heavy atom. The molecule has 0 aliphatic heterocycles. The highest BCUT2D eigenvalue weighted by molar-refractivity contribution is 7.92. The minimum absolute atomic E-state index is 0.0858. The van der Waals surface area contributed by atoms with Crippen LogP contribution in [0, 0.1) is 6.92 Å². The van der Waals surface area contributed by atoms with Crippen molar-refractivity contribution in [1.82, 2.24) is 15.6 Å². The van der Waals surface area contributed by atoms with Crippen LogP contribution < -0.4 is 10.6 Å². The lowest BCUT2D eigenvalue weighted by Crippen LogP contribution is -2.42. The summed E-state index contributed by atoms with van der Waals surface area (Å²) < 4.78 is 23.3. The van der Waals surface area contributed by atoms with Gasteiger partial charge in [-0.05, 0) is 27.7 Å². The van der Waals surface area contributed by atoms with Crippen LogP contribution in [0.15, 0.2) is 10.4 Å². The van der Waals surface area contributed by atoms with Crippen molar-refractivity contribution in [2.24, 2.45) is 4.99 Å². The van der Waals surface area contributed by atoms with E-state index in [1.54, 1.807) is 39.2 Å². The number of nitrogens with one attached hydrogen (secondary N) is 2. The largest absolute Gasteiger partial charge is 0.356 e. The Morgan fingerprint density at radius 3 is 2.45 bits per heavy atom. The van der Waals surface area contributed by atoms with Crippen molar-refractivity contribution in [1.29, 1.82) is 0 Å². The van der Waals surface area contributed by atoms with Gasteiger partial charge in [0.25, 0.3) is 0 Å². The Kier molecular flexibility index (Phi) is 6.80. The van der Waals surface area contributed by atoms with E-state index in [0.29, 0.717) is 19.0 Å². The van der Waals surface area contributed by atoms with Crippen molar-refractivity contribution < 1.29 is 8.42 Å². The van der Waals surface area contributed by atoms with Crippen LogP contribution in [0.2, 0.25) is 0 Å². The molecule has 0 fully saturated rings. The van der Waals surface area contributed by atoms with Crippen LogP contribution in [0.25, 0.3) is 0 Å². The number of guanidine groups is 1. The molecule has 0 spiro atoms. The highest BCUT2D eigenvalue weighted by Gasteiger charge is 2.28. The topological polar surface area (TPSA) is 83.4 Å². The number of nitrogens with zero attached hydrogens (tertiary/aromatic N) is 2. The molecular formula is C14H26N4O2S2. The molecule has 0 aliphatic carbocycles. The maximum atomic E-state index is 12.0. The fraction of sp³-hybridized carbons (Fsp3) is 0.714. The molecule has 22 heavy (non-hydrogen) atoms. The molecule has 1 aromatic heterocycles. The van der Waals surface area contributed by atoms with Gasteiger partial charge in [-0.25, -0.2) is 13.4 Å². The Labute approximate surface area is 137 Å². The van der Waals surface area contributed by atoms with E-state index in [1.807, 2.05) is 12.3 Å². The van der Waals surface area contributed by atoms with Crippen LogP contribution in [-0.2, 0) is 16.3 Å². The zero-order chi connectivity index (χ0) is 16.8. The second kappa shape index (κ2) is 7.92. The second-order valence-corrected chi connectivity index (χ2v) is 9.89. The smallest absolute Gasteiger partial charge is 0.191 e. The summed E-state index contributed by atoms with van der Waals surface area (Å²) in [4.78, 5) is 8.48. The van der Waals surface area contributed by atoms with E-state index in [9.17, 15) is 8.42 Å². The molecule has 0 radical (unpaired) electrons. The molecule has 1 aromatic rings. The molecule has 0 saturated carbocycles. The molecular weight excluding hydrogens is 320 g/mol. The second-order valence-electron chi connectivity index (χ2n) is 5.96. The summed E-state index contributed by atoms with van der Waals surface area (Å²) in [6, 6.07) is 0. The molecule has 1 rings (SSSR count). The molecule has 6 nitrogen and oxygen atoms in total. The summed E-state index contributed by atoms with van der Waals surface area (Å²) >= 11 is 1.64. The maximum absolute atomic E-state index is 12.0. The number of aliphatic imine (C=N–C) groups is 1. The van der Waals surface area contributed by atoms with E-state index in [4.69, 9.17) is 0 Å². The third-order valence-corrected chi connectivity index (χ3v) is 6.59. The van der Waals surface area contributed by atoms with Crippen molar-refractivity contribution in [3.8, 4) is 0 Å². The van der Waals surface area contributed by atoms with Gasteiger partial charge in [0.1, 0.15) is 0 Å². The lowest BCUT2D eigenvalue weighted by atomic mass is 10.3. The first kappa shape index (κ1) is 18.9. The third kappa shape index (κ3) is 5.92. The number of hydrogen-bond donors (Lipinski definition) is 2. The lowest BCUT2D eigenvalue weighted by Gasteiger charge is -2.19. The summed E-state index contributed by atoms with van der Waals surface area (Å²) in [5.41, 5.74) is 1.06. The van der Waals surface area contributed by atoms with E-state index >= 15 is 0 Å². The molecule has 0 atom stereocenters.